The molecule has 0 bridgehead atoms. The Balaban J connectivity index is 2.44. The number of anilines is 1. The summed E-state index contributed by atoms with van der Waals surface area (Å²) in [5, 5.41) is 2.88. The highest BCUT2D eigenvalue weighted by molar-refractivity contribution is 7.92. The van der Waals surface area contributed by atoms with E-state index in [-0.39, 0.29) is 23.2 Å². The lowest BCUT2D eigenvalue weighted by molar-refractivity contribution is -0.140. The molecule has 2 aromatic carbocycles. The first kappa shape index (κ1) is 27.4. The molecule has 2 aromatic rings. The summed E-state index contributed by atoms with van der Waals surface area (Å²) in [5.41, 5.74) is 0.769. The summed E-state index contributed by atoms with van der Waals surface area (Å²) in [7, 11) is -2.46. The van der Waals surface area contributed by atoms with Crippen LogP contribution in [0, 0.1) is 5.82 Å². The molecule has 0 fully saturated rings. The second-order valence-electron chi connectivity index (χ2n) is 7.56. The third-order valence-corrected chi connectivity index (χ3v) is 6.54. The van der Waals surface area contributed by atoms with Crippen molar-refractivity contribution in [2.75, 3.05) is 30.8 Å². The average molecular weight is 514 g/mol. The molecule has 0 heterocycles. The first-order valence-electron chi connectivity index (χ1n) is 10.6. The van der Waals surface area contributed by atoms with Crippen LogP contribution >= 0.6 is 11.6 Å². The molecule has 1 N–H and O–H groups in total. The molecule has 8 nitrogen and oxygen atoms in total. The summed E-state index contributed by atoms with van der Waals surface area (Å²) in [6.45, 7) is 3.32. The Kier molecular flexibility index (Phi) is 9.69. The van der Waals surface area contributed by atoms with Gasteiger partial charge in [-0.1, -0.05) is 30.7 Å². The van der Waals surface area contributed by atoms with Crippen LogP contribution in [-0.2, 0) is 26.2 Å². The zero-order chi connectivity index (χ0) is 25.5. The van der Waals surface area contributed by atoms with Crippen LogP contribution in [0.25, 0.3) is 0 Å². The van der Waals surface area contributed by atoms with Gasteiger partial charge in [0.2, 0.25) is 21.8 Å². The predicted octanol–water partition coefficient (Wildman–Crippen LogP) is 3.20. The van der Waals surface area contributed by atoms with E-state index in [4.69, 9.17) is 16.3 Å². The van der Waals surface area contributed by atoms with Gasteiger partial charge in [0.25, 0.3) is 0 Å². The fourth-order valence-corrected chi connectivity index (χ4v) is 4.52. The number of rotatable bonds is 11. The highest BCUT2D eigenvalue weighted by Crippen LogP contribution is 2.30. The third kappa shape index (κ3) is 7.07. The van der Waals surface area contributed by atoms with Gasteiger partial charge in [0.1, 0.15) is 24.2 Å². The summed E-state index contributed by atoms with van der Waals surface area (Å²) in [4.78, 5) is 27.5. The minimum absolute atomic E-state index is 0.00424. The molecule has 0 saturated carbocycles. The van der Waals surface area contributed by atoms with Gasteiger partial charge in [0, 0.05) is 13.1 Å². The molecule has 186 valence electrons. The standard InChI is InChI=1S/C23H29ClFN3O5S/c1-5-20(23(30)26-6-2)27(14-16-7-9-17(25)10-8-16)22(29)15-28(34(4,31)32)18-11-12-21(33-3)19(24)13-18/h7-13,20H,5-6,14-15H2,1-4H3,(H,26,30)/t20-/m1/s1. The van der Waals surface area contributed by atoms with E-state index in [0.717, 1.165) is 10.6 Å². The number of hydrogen-bond acceptors (Lipinski definition) is 5. The minimum atomic E-state index is -3.89. The molecule has 0 unspecified atom stereocenters. The lowest BCUT2D eigenvalue weighted by atomic mass is 10.1. The fraction of sp³-hybridized carbons (Fsp3) is 0.391. The smallest absolute Gasteiger partial charge is 0.244 e. The number of hydrogen-bond donors (Lipinski definition) is 1. The second kappa shape index (κ2) is 12.0. The molecular weight excluding hydrogens is 485 g/mol. The number of halogens is 2. The normalized spacial score (nSPS) is 12.1. The van der Waals surface area contributed by atoms with Gasteiger partial charge < -0.3 is 15.0 Å². The van der Waals surface area contributed by atoms with Crippen molar-refractivity contribution in [3.8, 4) is 5.75 Å². The molecule has 0 aliphatic carbocycles. The van der Waals surface area contributed by atoms with E-state index < -0.39 is 34.3 Å². The monoisotopic (exact) mass is 513 g/mol. The number of benzene rings is 2. The predicted molar refractivity (Wildman–Crippen MR) is 130 cm³/mol. The maximum atomic E-state index is 13.5. The van der Waals surface area contributed by atoms with Crippen molar-refractivity contribution in [1.29, 1.82) is 0 Å². The van der Waals surface area contributed by atoms with E-state index in [1.54, 1.807) is 13.8 Å². The highest BCUT2D eigenvalue weighted by atomic mass is 35.5. The maximum Gasteiger partial charge on any atom is 0.244 e. The molecule has 34 heavy (non-hydrogen) atoms. The van der Waals surface area contributed by atoms with E-state index in [2.05, 4.69) is 5.32 Å². The van der Waals surface area contributed by atoms with Gasteiger partial charge in [-0.2, -0.15) is 0 Å². The lowest BCUT2D eigenvalue weighted by Gasteiger charge is -2.32. The number of methoxy groups -OCH3 is 1. The number of carbonyl (C=O) groups is 2. The van der Waals surface area contributed by atoms with Gasteiger partial charge in [-0.05, 0) is 49.2 Å². The van der Waals surface area contributed by atoms with Crippen LogP contribution in [-0.4, -0.2) is 57.6 Å². The Hall–Kier alpha value is -2.85. The Morgan fingerprint density at radius 2 is 1.79 bits per heavy atom. The molecule has 2 amide bonds. The Morgan fingerprint density at radius 1 is 1.15 bits per heavy atom. The summed E-state index contributed by atoms with van der Waals surface area (Å²) in [6.07, 6.45) is 1.27. The number of ether oxygens (including phenoxy) is 1. The first-order valence-corrected chi connectivity index (χ1v) is 12.9. The number of nitrogens with one attached hydrogen (secondary N) is 1. The zero-order valence-corrected chi connectivity index (χ0v) is 21.1. The summed E-state index contributed by atoms with van der Waals surface area (Å²) in [6, 6.07) is 9.05. The SMILES string of the molecule is CCNC(=O)[C@@H](CC)N(Cc1ccc(F)cc1)C(=O)CN(c1ccc(OC)c(Cl)c1)S(C)(=O)=O. The summed E-state index contributed by atoms with van der Waals surface area (Å²) >= 11 is 6.17. The van der Waals surface area contributed by atoms with Crippen LogP contribution in [0.15, 0.2) is 42.5 Å². The van der Waals surface area contributed by atoms with Gasteiger partial charge in [-0.25, -0.2) is 12.8 Å². The van der Waals surface area contributed by atoms with Crippen LogP contribution in [0.1, 0.15) is 25.8 Å². The second-order valence-corrected chi connectivity index (χ2v) is 9.87. The molecule has 0 spiro atoms. The molecule has 0 aliphatic heterocycles. The Labute approximate surface area is 204 Å². The van der Waals surface area contributed by atoms with Gasteiger partial charge >= 0.3 is 0 Å². The summed E-state index contributed by atoms with van der Waals surface area (Å²) < 4.78 is 44.6. The third-order valence-electron chi connectivity index (χ3n) is 5.11. The highest BCUT2D eigenvalue weighted by Gasteiger charge is 2.31. The number of amides is 2. The van der Waals surface area contributed by atoms with Crippen LogP contribution < -0.4 is 14.4 Å². The Bertz CT molecular complexity index is 1110. The average Bonchev–Trinajstić information content (AvgIpc) is 2.77. The van der Waals surface area contributed by atoms with E-state index in [1.165, 1.54) is 54.5 Å². The number of sulfonamides is 1. The van der Waals surface area contributed by atoms with Gasteiger partial charge in [0.15, 0.2) is 0 Å². The van der Waals surface area contributed by atoms with Crippen molar-refractivity contribution < 1.29 is 27.1 Å². The van der Waals surface area contributed by atoms with Crippen molar-refractivity contribution in [2.24, 2.45) is 0 Å². The van der Waals surface area contributed by atoms with Crippen molar-refractivity contribution in [3.05, 3.63) is 58.9 Å². The molecule has 0 aromatic heterocycles. The topological polar surface area (TPSA) is 96.0 Å². The molecule has 0 radical (unpaired) electrons. The van der Waals surface area contributed by atoms with Crippen LogP contribution in [0.3, 0.4) is 0 Å². The van der Waals surface area contributed by atoms with Gasteiger partial charge in [-0.15, -0.1) is 0 Å². The van der Waals surface area contributed by atoms with E-state index in [1.807, 2.05) is 0 Å². The number of likely N-dealkylation sites (N-methyl/N-ethyl adjacent to an activating group) is 1. The molecule has 0 saturated heterocycles. The summed E-state index contributed by atoms with van der Waals surface area (Å²) in [5.74, 6) is -1.04. The lowest BCUT2D eigenvalue weighted by Crippen LogP contribution is -2.52. The minimum Gasteiger partial charge on any atom is -0.495 e. The zero-order valence-electron chi connectivity index (χ0n) is 19.5. The number of carbonyl (C=O) groups excluding carboxylic acids is 2. The van der Waals surface area contributed by atoms with Gasteiger partial charge in [-0.3, -0.25) is 13.9 Å². The van der Waals surface area contributed by atoms with Crippen molar-refractivity contribution in [1.82, 2.24) is 10.2 Å². The van der Waals surface area contributed by atoms with Crippen LogP contribution in [0.2, 0.25) is 5.02 Å². The van der Waals surface area contributed by atoms with Gasteiger partial charge in [0.05, 0.1) is 24.1 Å². The van der Waals surface area contributed by atoms with Crippen LogP contribution in [0.5, 0.6) is 5.75 Å². The largest absolute Gasteiger partial charge is 0.495 e. The van der Waals surface area contributed by atoms with E-state index in [9.17, 15) is 22.4 Å². The molecule has 2 rings (SSSR count). The molecule has 0 aliphatic rings. The number of nitrogens with zero attached hydrogens (tertiary/aromatic N) is 2. The first-order chi connectivity index (χ1) is 16.0. The molecular formula is C23H29ClFN3O5S. The van der Waals surface area contributed by atoms with Crippen molar-refractivity contribution in [3.63, 3.8) is 0 Å². The quantitative estimate of drug-likeness (QED) is 0.498. The van der Waals surface area contributed by atoms with E-state index in [0.29, 0.717) is 24.3 Å². The molecule has 11 heteroatoms. The maximum absolute atomic E-state index is 13.5. The van der Waals surface area contributed by atoms with E-state index >= 15 is 0 Å². The fourth-order valence-electron chi connectivity index (χ4n) is 3.42. The van der Waals surface area contributed by atoms with Crippen molar-refractivity contribution >= 4 is 39.1 Å². The van der Waals surface area contributed by atoms with Crippen molar-refractivity contribution in [2.45, 2.75) is 32.9 Å². The van der Waals surface area contributed by atoms with Crippen LogP contribution in [0.4, 0.5) is 10.1 Å². The molecule has 1 atom stereocenters. The Morgan fingerprint density at radius 3 is 2.29 bits per heavy atom.